The lowest BCUT2D eigenvalue weighted by Gasteiger charge is -2.14. The Bertz CT molecular complexity index is 814. The number of sulfonamides is 1. The van der Waals surface area contributed by atoms with Crippen LogP contribution in [0.15, 0.2) is 30.6 Å². The summed E-state index contributed by atoms with van der Waals surface area (Å²) in [5.41, 5.74) is 3.12. The first kappa shape index (κ1) is 17.1. The number of aromatic nitrogens is 3. The molecule has 0 aromatic carbocycles. The molecule has 130 valence electrons. The smallest absolute Gasteiger partial charge is 0.211 e. The van der Waals surface area contributed by atoms with Gasteiger partial charge < -0.3 is 0 Å². The van der Waals surface area contributed by atoms with E-state index in [1.165, 1.54) is 11.8 Å². The van der Waals surface area contributed by atoms with E-state index in [1.807, 2.05) is 23.0 Å². The summed E-state index contributed by atoms with van der Waals surface area (Å²) in [6.45, 7) is 5.43. The number of pyridine rings is 1. The van der Waals surface area contributed by atoms with Crippen LogP contribution in [0.1, 0.15) is 31.9 Å². The van der Waals surface area contributed by atoms with Crippen molar-refractivity contribution >= 4 is 10.0 Å². The quantitative estimate of drug-likeness (QED) is 0.832. The number of hydrogen-bond donors (Lipinski definition) is 0. The summed E-state index contributed by atoms with van der Waals surface area (Å²) in [7, 11) is -3.08. The molecule has 3 heterocycles. The molecule has 3 rings (SSSR count). The van der Waals surface area contributed by atoms with Gasteiger partial charge >= 0.3 is 0 Å². The van der Waals surface area contributed by atoms with Crippen LogP contribution in [0.25, 0.3) is 11.4 Å². The summed E-state index contributed by atoms with van der Waals surface area (Å²) < 4.78 is 26.8. The minimum Gasteiger partial charge on any atom is -0.261 e. The Balaban J connectivity index is 1.76. The zero-order valence-corrected chi connectivity index (χ0v) is 15.2. The van der Waals surface area contributed by atoms with Crippen LogP contribution >= 0.6 is 0 Å². The molecule has 0 bridgehead atoms. The van der Waals surface area contributed by atoms with Crippen molar-refractivity contribution < 1.29 is 8.42 Å². The normalized spacial score (nSPS) is 19.2. The van der Waals surface area contributed by atoms with Crippen LogP contribution in [-0.4, -0.2) is 46.8 Å². The van der Waals surface area contributed by atoms with E-state index in [0.717, 1.165) is 24.2 Å². The maximum Gasteiger partial charge on any atom is 0.211 e. The molecule has 7 heteroatoms. The Morgan fingerprint density at radius 1 is 1.29 bits per heavy atom. The second-order valence-electron chi connectivity index (χ2n) is 6.78. The lowest BCUT2D eigenvalue weighted by Crippen LogP contribution is -2.27. The van der Waals surface area contributed by atoms with E-state index in [-0.39, 0.29) is 6.04 Å². The van der Waals surface area contributed by atoms with E-state index < -0.39 is 10.0 Å². The lowest BCUT2D eigenvalue weighted by molar-refractivity contribution is 0.460. The largest absolute Gasteiger partial charge is 0.261 e. The molecule has 2 aromatic rings. The molecular weight excluding hydrogens is 324 g/mol. The maximum atomic E-state index is 11.6. The van der Waals surface area contributed by atoms with E-state index in [1.54, 1.807) is 10.5 Å². The standard InChI is InChI=1S/C17H24N4O2S/c1-13(2)21-17(5-8-19-21)16-11-14(4-7-18-16)10-15-6-9-20(12-15)24(3,22)23/h4-5,7-8,11,13,15H,6,9-10,12H2,1-3H3/t15-/m1/s1. The molecule has 0 unspecified atom stereocenters. The summed E-state index contributed by atoms with van der Waals surface area (Å²) in [4.78, 5) is 4.49. The molecule has 0 spiro atoms. The third kappa shape index (κ3) is 3.67. The van der Waals surface area contributed by atoms with Gasteiger partial charge in [-0.15, -0.1) is 0 Å². The first-order valence-electron chi connectivity index (χ1n) is 8.28. The van der Waals surface area contributed by atoms with Gasteiger partial charge in [0.05, 0.1) is 17.6 Å². The zero-order valence-electron chi connectivity index (χ0n) is 14.4. The fraction of sp³-hybridized carbons (Fsp3) is 0.529. The van der Waals surface area contributed by atoms with E-state index in [4.69, 9.17) is 0 Å². The molecule has 0 aliphatic carbocycles. The van der Waals surface area contributed by atoms with Crippen molar-refractivity contribution in [2.24, 2.45) is 5.92 Å². The fourth-order valence-corrected chi connectivity index (χ4v) is 4.19. The van der Waals surface area contributed by atoms with Crippen molar-refractivity contribution in [1.29, 1.82) is 0 Å². The Morgan fingerprint density at radius 2 is 2.08 bits per heavy atom. The van der Waals surface area contributed by atoms with Crippen LogP contribution in [0.5, 0.6) is 0 Å². The van der Waals surface area contributed by atoms with Crippen LogP contribution in [0.3, 0.4) is 0 Å². The van der Waals surface area contributed by atoms with Gasteiger partial charge in [0.1, 0.15) is 0 Å². The highest BCUT2D eigenvalue weighted by molar-refractivity contribution is 7.88. The third-order valence-corrected chi connectivity index (χ3v) is 5.76. The Kier molecular flexibility index (Phi) is 4.73. The third-order valence-electron chi connectivity index (χ3n) is 4.49. The van der Waals surface area contributed by atoms with Crippen molar-refractivity contribution in [3.8, 4) is 11.4 Å². The van der Waals surface area contributed by atoms with Crippen molar-refractivity contribution in [1.82, 2.24) is 19.1 Å². The maximum absolute atomic E-state index is 11.6. The first-order chi connectivity index (χ1) is 11.3. The van der Waals surface area contributed by atoms with Crippen LogP contribution in [-0.2, 0) is 16.4 Å². The van der Waals surface area contributed by atoms with Crippen LogP contribution in [0, 0.1) is 5.92 Å². The van der Waals surface area contributed by atoms with Gasteiger partial charge in [0.15, 0.2) is 0 Å². The Labute approximate surface area is 143 Å². The van der Waals surface area contributed by atoms with Gasteiger partial charge in [0.25, 0.3) is 0 Å². The molecule has 24 heavy (non-hydrogen) atoms. The van der Waals surface area contributed by atoms with Gasteiger partial charge in [0.2, 0.25) is 10.0 Å². The number of hydrogen-bond acceptors (Lipinski definition) is 4. The zero-order chi connectivity index (χ0) is 17.3. The highest BCUT2D eigenvalue weighted by atomic mass is 32.2. The van der Waals surface area contributed by atoms with Gasteiger partial charge in [-0.1, -0.05) is 0 Å². The first-order valence-corrected chi connectivity index (χ1v) is 10.1. The molecule has 1 saturated heterocycles. The topological polar surface area (TPSA) is 68.1 Å². The van der Waals surface area contributed by atoms with Crippen molar-refractivity contribution in [3.63, 3.8) is 0 Å². The monoisotopic (exact) mass is 348 g/mol. The number of rotatable bonds is 5. The minimum absolute atomic E-state index is 0.276. The molecule has 1 aliphatic heterocycles. The average molecular weight is 348 g/mol. The molecule has 1 atom stereocenters. The second-order valence-corrected chi connectivity index (χ2v) is 8.77. The summed E-state index contributed by atoms with van der Waals surface area (Å²) in [5, 5.41) is 4.37. The fourth-order valence-electron chi connectivity index (χ4n) is 3.27. The predicted molar refractivity (Wildman–Crippen MR) is 94.1 cm³/mol. The Hall–Kier alpha value is -1.73. The highest BCUT2D eigenvalue weighted by Crippen LogP contribution is 2.25. The molecule has 0 saturated carbocycles. The minimum atomic E-state index is -3.08. The molecule has 6 nitrogen and oxygen atoms in total. The SMILES string of the molecule is CC(C)n1nccc1-c1cc(C[C@H]2CCN(S(C)(=O)=O)C2)ccn1. The van der Waals surface area contributed by atoms with Gasteiger partial charge in [-0.2, -0.15) is 5.10 Å². The van der Waals surface area contributed by atoms with E-state index in [9.17, 15) is 8.42 Å². The molecule has 0 amide bonds. The number of nitrogens with zero attached hydrogens (tertiary/aromatic N) is 4. The molecular formula is C17H24N4O2S. The summed E-state index contributed by atoms with van der Waals surface area (Å²) in [6, 6.07) is 6.37. The molecule has 2 aromatic heterocycles. The molecule has 1 aliphatic rings. The van der Waals surface area contributed by atoms with E-state index >= 15 is 0 Å². The van der Waals surface area contributed by atoms with E-state index in [2.05, 4.69) is 30.0 Å². The predicted octanol–water partition coefficient (Wildman–Crippen LogP) is 2.35. The van der Waals surface area contributed by atoms with Crippen molar-refractivity contribution in [3.05, 3.63) is 36.2 Å². The second kappa shape index (κ2) is 6.64. The summed E-state index contributed by atoms with van der Waals surface area (Å²) >= 11 is 0. The van der Waals surface area contributed by atoms with E-state index in [0.29, 0.717) is 19.0 Å². The van der Waals surface area contributed by atoms with Gasteiger partial charge in [-0.3, -0.25) is 9.67 Å². The van der Waals surface area contributed by atoms with Crippen LogP contribution in [0.4, 0.5) is 0 Å². The van der Waals surface area contributed by atoms with Crippen molar-refractivity contribution in [2.45, 2.75) is 32.7 Å². The lowest BCUT2D eigenvalue weighted by atomic mass is 9.98. The van der Waals surface area contributed by atoms with Gasteiger partial charge in [0, 0.05) is 31.5 Å². The Morgan fingerprint density at radius 3 is 2.75 bits per heavy atom. The molecule has 0 N–H and O–H groups in total. The molecule has 0 radical (unpaired) electrons. The highest BCUT2D eigenvalue weighted by Gasteiger charge is 2.28. The average Bonchev–Trinajstić information content (AvgIpc) is 3.15. The van der Waals surface area contributed by atoms with Crippen molar-refractivity contribution in [2.75, 3.05) is 19.3 Å². The summed E-state index contributed by atoms with van der Waals surface area (Å²) in [5.74, 6) is 0.366. The van der Waals surface area contributed by atoms with Gasteiger partial charge in [-0.25, -0.2) is 12.7 Å². The van der Waals surface area contributed by atoms with Crippen LogP contribution < -0.4 is 0 Å². The van der Waals surface area contributed by atoms with Crippen LogP contribution in [0.2, 0.25) is 0 Å². The summed E-state index contributed by atoms with van der Waals surface area (Å²) in [6.07, 6.45) is 6.69. The molecule has 1 fully saturated rings. The van der Waals surface area contributed by atoms with Gasteiger partial charge in [-0.05, 0) is 56.4 Å².